The SMILES string of the molecule is C=C(C)C(=O)N(C)C(N)CC. The van der Waals surface area contributed by atoms with Gasteiger partial charge >= 0.3 is 0 Å². The molecule has 0 aromatic rings. The molecule has 1 atom stereocenters. The van der Waals surface area contributed by atoms with Crippen molar-refractivity contribution < 1.29 is 4.79 Å². The molecule has 0 saturated carbocycles. The molecule has 1 amide bonds. The van der Waals surface area contributed by atoms with Crippen molar-refractivity contribution in [2.45, 2.75) is 26.4 Å². The van der Waals surface area contributed by atoms with Crippen LogP contribution in [-0.4, -0.2) is 24.0 Å². The van der Waals surface area contributed by atoms with Crippen LogP contribution < -0.4 is 5.73 Å². The van der Waals surface area contributed by atoms with Crippen molar-refractivity contribution in [2.24, 2.45) is 5.73 Å². The molecule has 0 radical (unpaired) electrons. The maximum atomic E-state index is 11.2. The van der Waals surface area contributed by atoms with E-state index in [1.54, 1.807) is 14.0 Å². The number of carbonyl (C=O) groups is 1. The standard InChI is InChI=1S/C8H16N2O/c1-5-7(9)10(4)8(11)6(2)3/h7H,2,5,9H2,1,3-4H3. The predicted octanol–water partition coefficient (Wildman–Crippen LogP) is 0.716. The maximum Gasteiger partial charge on any atom is 0.249 e. The van der Waals surface area contributed by atoms with Crippen molar-refractivity contribution in [1.29, 1.82) is 0 Å². The summed E-state index contributed by atoms with van der Waals surface area (Å²) in [4.78, 5) is 12.7. The van der Waals surface area contributed by atoms with Gasteiger partial charge in [0.25, 0.3) is 0 Å². The van der Waals surface area contributed by atoms with E-state index in [1.165, 1.54) is 4.90 Å². The summed E-state index contributed by atoms with van der Waals surface area (Å²) in [6, 6.07) is 0. The van der Waals surface area contributed by atoms with Crippen LogP contribution in [0.4, 0.5) is 0 Å². The number of likely N-dealkylation sites (N-methyl/N-ethyl adjacent to an activating group) is 1. The van der Waals surface area contributed by atoms with Crippen LogP contribution in [0.15, 0.2) is 12.2 Å². The molecule has 0 rings (SSSR count). The van der Waals surface area contributed by atoms with Gasteiger partial charge in [0.05, 0.1) is 6.17 Å². The second kappa shape index (κ2) is 4.13. The fourth-order valence-corrected chi connectivity index (χ4v) is 0.726. The summed E-state index contributed by atoms with van der Waals surface area (Å²) in [5.74, 6) is -0.0839. The highest BCUT2D eigenvalue weighted by atomic mass is 16.2. The second-order valence-electron chi connectivity index (χ2n) is 2.67. The second-order valence-corrected chi connectivity index (χ2v) is 2.67. The Bertz CT molecular complexity index is 165. The average molecular weight is 156 g/mol. The van der Waals surface area contributed by atoms with E-state index in [2.05, 4.69) is 6.58 Å². The van der Waals surface area contributed by atoms with E-state index in [0.29, 0.717) is 5.57 Å². The molecule has 0 aromatic carbocycles. The first-order valence-electron chi connectivity index (χ1n) is 3.69. The van der Waals surface area contributed by atoms with Crippen molar-refractivity contribution in [3.8, 4) is 0 Å². The van der Waals surface area contributed by atoms with Crippen molar-refractivity contribution in [2.75, 3.05) is 7.05 Å². The fraction of sp³-hybridized carbons (Fsp3) is 0.625. The highest BCUT2D eigenvalue weighted by Crippen LogP contribution is 2.00. The zero-order chi connectivity index (χ0) is 9.02. The quantitative estimate of drug-likeness (QED) is 0.483. The van der Waals surface area contributed by atoms with Crippen molar-refractivity contribution in [3.63, 3.8) is 0 Å². The van der Waals surface area contributed by atoms with Gasteiger partial charge in [0.2, 0.25) is 5.91 Å². The Morgan fingerprint density at radius 1 is 1.73 bits per heavy atom. The molecule has 3 heteroatoms. The summed E-state index contributed by atoms with van der Waals surface area (Å²) in [5, 5.41) is 0. The molecular formula is C8H16N2O. The minimum absolute atomic E-state index is 0.0839. The Labute approximate surface area is 67.9 Å². The van der Waals surface area contributed by atoms with E-state index in [-0.39, 0.29) is 12.1 Å². The maximum absolute atomic E-state index is 11.2. The van der Waals surface area contributed by atoms with Crippen LogP contribution in [0.5, 0.6) is 0 Å². The van der Waals surface area contributed by atoms with Crippen LogP contribution in [0.1, 0.15) is 20.3 Å². The summed E-state index contributed by atoms with van der Waals surface area (Å²) in [5.41, 5.74) is 6.14. The summed E-state index contributed by atoms with van der Waals surface area (Å²) in [7, 11) is 1.69. The van der Waals surface area contributed by atoms with E-state index in [4.69, 9.17) is 5.73 Å². The Kier molecular flexibility index (Phi) is 3.82. The molecule has 0 heterocycles. The monoisotopic (exact) mass is 156 g/mol. The minimum atomic E-state index is -0.195. The molecule has 0 aromatic heterocycles. The summed E-state index contributed by atoms with van der Waals surface area (Å²) in [6.45, 7) is 7.17. The number of hydrogen-bond acceptors (Lipinski definition) is 2. The molecule has 2 N–H and O–H groups in total. The molecule has 3 nitrogen and oxygen atoms in total. The number of nitrogens with two attached hydrogens (primary N) is 1. The zero-order valence-electron chi connectivity index (χ0n) is 7.42. The first-order chi connectivity index (χ1) is 5.00. The van der Waals surface area contributed by atoms with Gasteiger partial charge in [0, 0.05) is 12.6 Å². The Balaban J connectivity index is 4.13. The smallest absolute Gasteiger partial charge is 0.249 e. The molecule has 11 heavy (non-hydrogen) atoms. The van der Waals surface area contributed by atoms with Gasteiger partial charge in [-0.3, -0.25) is 4.79 Å². The van der Waals surface area contributed by atoms with Gasteiger partial charge in [0.15, 0.2) is 0 Å². The van der Waals surface area contributed by atoms with E-state index < -0.39 is 0 Å². The van der Waals surface area contributed by atoms with Crippen LogP contribution in [0.25, 0.3) is 0 Å². The third-order valence-corrected chi connectivity index (χ3v) is 1.60. The summed E-state index contributed by atoms with van der Waals surface area (Å²) in [6.07, 6.45) is 0.564. The lowest BCUT2D eigenvalue weighted by Crippen LogP contribution is -2.42. The lowest BCUT2D eigenvalue weighted by molar-refractivity contribution is -0.127. The van der Waals surface area contributed by atoms with Gasteiger partial charge in [-0.25, -0.2) is 0 Å². The van der Waals surface area contributed by atoms with Crippen molar-refractivity contribution in [1.82, 2.24) is 4.90 Å². The van der Waals surface area contributed by atoms with Crippen LogP contribution in [0, 0.1) is 0 Å². The van der Waals surface area contributed by atoms with Crippen molar-refractivity contribution in [3.05, 3.63) is 12.2 Å². The number of rotatable bonds is 3. The third kappa shape index (κ3) is 2.72. The molecular weight excluding hydrogens is 140 g/mol. The van der Waals surface area contributed by atoms with Gasteiger partial charge < -0.3 is 10.6 Å². The van der Waals surface area contributed by atoms with E-state index in [1.807, 2.05) is 6.92 Å². The van der Waals surface area contributed by atoms with Gasteiger partial charge in [-0.1, -0.05) is 13.5 Å². The largest absolute Gasteiger partial charge is 0.327 e. The highest BCUT2D eigenvalue weighted by molar-refractivity contribution is 5.92. The molecule has 0 fully saturated rings. The van der Waals surface area contributed by atoms with Gasteiger partial charge in [-0.05, 0) is 13.3 Å². The Morgan fingerprint density at radius 2 is 2.18 bits per heavy atom. The van der Waals surface area contributed by atoms with E-state index >= 15 is 0 Å². The summed E-state index contributed by atoms with van der Waals surface area (Å²) < 4.78 is 0. The first-order valence-corrected chi connectivity index (χ1v) is 3.69. The predicted molar refractivity (Wildman–Crippen MR) is 45.9 cm³/mol. The number of nitrogens with zero attached hydrogens (tertiary/aromatic N) is 1. The highest BCUT2D eigenvalue weighted by Gasteiger charge is 2.13. The first kappa shape index (κ1) is 10.2. The average Bonchev–Trinajstić information content (AvgIpc) is 2.00. The fourth-order valence-electron chi connectivity index (χ4n) is 0.726. The third-order valence-electron chi connectivity index (χ3n) is 1.60. The molecule has 1 unspecified atom stereocenters. The zero-order valence-corrected chi connectivity index (χ0v) is 7.42. The normalized spacial score (nSPS) is 12.4. The molecule has 0 aliphatic rings. The number of amides is 1. The van der Waals surface area contributed by atoms with Crippen LogP contribution >= 0.6 is 0 Å². The lowest BCUT2D eigenvalue weighted by atomic mass is 10.2. The topological polar surface area (TPSA) is 46.3 Å². The Morgan fingerprint density at radius 3 is 2.45 bits per heavy atom. The van der Waals surface area contributed by atoms with Gasteiger partial charge in [-0.15, -0.1) is 0 Å². The molecule has 0 spiro atoms. The molecule has 0 saturated heterocycles. The molecule has 64 valence electrons. The van der Waals surface area contributed by atoms with Crippen molar-refractivity contribution >= 4 is 5.91 Å². The Hall–Kier alpha value is -0.830. The van der Waals surface area contributed by atoms with Crippen LogP contribution in [0.3, 0.4) is 0 Å². The molecule has 0 aliphatic heterocycles. The number of carbonyl (C=O) groups excluding carboxylic acids is 1. The van der Waals surface area contributed by atoms with E-state index in [9.17, 15) is 4.79 Å². The number of hydrogen-bond donors (Lipinski definition) is 1. The van der Waals surface area contributed by atoms with Crippen LogP contribution in [0.2, 0.25) is 0 Å². The minimum Gasteiger partial charge on any atom is -0.327 e. The molecule has 0 bridgehead atoms. The van der Waals surface area contributed by atoms with Gasteiger partial charge in [-0.2, -0.15) is 0 Å². The lowest BCUT2D eigenvalue weighted by Gasteiger charge is -2.23. The van der Waals surface area contributed by atoms with E-state index in [0.717, 1.165) is 6.42 Å². The van der Waals surface area contributed by atoms with Crippen LogP contribution in [-0.2, 0) is 4.79 Å². The molecule has 0 aliphatic carbocycles. The van der Waals surface area contributed by atoms with Gasteiger partial charge in [0.1, 0.15) is 0 Å². The summed E-state index contributed by atoms with van der Waals surface area (Å²) >= 11 is 0.